The molecule has 0 aliphatic heterocycles. The molecule has 0 spiro atoms. The number of hydrogen-bond donors (Lipinski definition) is 0. The molecule has 0 N–H and O–H groups in total. The molecule has 0 radical (unpaired) electrons. The third kappa shape index (κ3) is 3.81. The van der Waals surface area contributed by atoms with Gasteiger partial charge in [-0.05, 0) is 86.0 Å². The first-order valence-corrected chi connectivity index (χ1v) is 10.6. The van der Waals surface area contributed by atoms with Gasteiger partial charge in [0.15, 0.2) is 0 Å². The zero-order valence-electron chi connectivity index (χ0n) is 16.5. The van der Waals surface area contributed by atoms with Crippen molar-refractivity contribution in [2.24, 2.45) is 17.8 Å². The molecule has 2 saturated carbocycles. The van der Waals surface area contributed by atoms with Gasteiger partial charge in [-0.25, -0.2) is 8.78 Å². The van der Waals surface area contributed by atoms with Crippen LogP contribution in [0.25, 0.3) is 11.1 Å². The summed E-state index contributed by atoms with van der Waals surface area (Å²) in [6, 6.07) is 10.6. The largest absolute Gasteiger partial charge is 0.206 e. The van der Waals surface area contributed by atoms with E-state index < -0.39 is 11.6 Å². The Morgan fingerprint density at radius 2 is 1.48 bits per heavy atom. The summed E-state index contributed by atoms with van der Waals surface area (Å²) in [4.78, 5) is 0. The van der Waals surface area contributed by atoms with Crippen LogP contribution in [-0.2, 0) is 0 Å². The molecule has 2 fully saturated rings. The van der Waals surface area contributed by atoms with Gasteiger partial charge in [0.25, 0.3) is 0 Å². The van der Waals surface area contributed by atoms with E-state index in [9.17, 15) is 8.78 Å². The normalized spacial score (nSPS) is 28.0. The highest BCUT2D eigenvalue weighted by molar-refractivity contribution is 5.65. The van der Waals surface area contributed by atoms with Gasteiger partial charge in [0.2, 0.25) is 0 Å². The first-order valence-electron chi connectivity index (χ1n) is 10.6. The highest BCUT2D eigenvalue weighted by Gasteiger charge is 2.35. The van der Waals surface area contributed by atoms with Gasteiger partial charge in [-0.3, -0.25) is 0 Å². The summed E-state index contributed by atoms with van der Waals surface area (Å²) in [6.45, 7) is 4.28. The van der Waals surface area contributed by atoms with Crippen molar-refractivity contribution >= 4 is 0 Å². The van der Waals surface area contributed by atoms with Crippen molar-refractivity contribution in [1.29, 1.82) is 0 Å². The molecule has 4 unspecified atom stereocenters. The molecule has 2 aromatic carbocycles. The van der Waals surface area contributed by atoms with Gasteiger partial charge in [-0.15, -0.1) is 0 Å². The van der Waals surface area contributed by atoms with Crippen molar-refractivity contribution in [2.75, 3.05) is 0 Å². The van der Waals surface area contributed by atoms with Crippen molar-refractivity contribution in [1.82, 2.24) is 0 Å². The zero-order valence-corrected chi connectivity index (χ0v) is 16.5. The highest BCUT2D eigenvalue weighted by Crippen LogP contribution is 2.48. The number of aryl methyl sites for hydroxylation is 1. The van der Waals surface area contributed by atoms with Crippen LogP contribution in [0.5, 0.6) is 0 Å². The third-order valence-corrected chi connectivity index (χ3v) is 7.18. The van der Waals surface area contributed by atoms with Crippen molar-refractivity contribution in [3.05, 3.63) is 59.2 Å². The lowest BCUT2D eigenvalue weighted by Crippen LogP contribution is -2.30. The zero-order chi connectivity index (χ0) is 19.0. The molecular weight excluding hydrogens is 338 g/mol. The third-order valence-electron chi connectivity index (χ3n) is 7.18. The molecule has 2 aliphatic carbocycles. The molecule has 0 bridgehead atoms. The molecule has 0 amide bonds. The predicted octanol–water partition coefficient (Wildman–Crippen LogP) is 7.65. The van der Waals surface area contributed by atoms with E-state index >= 15 is 0 Å². The first kappa shape index (κ1) is 18.7. The van der Waals surface area contributed by atoms with Crippen LogP contribution in [0, 0.1) is 36.3 Å². The van der Waals surface area contributed by atoms with Crippen molar-refractivity contribution < 1.29 is 8.78 Å². The molecular formula is C25H30F2. The topological polar surface area (TPSA) is 0 Å². The van der Waals surface area contributed by atoms with Crippen LogP contribution in [-0.4, -0.2) is 0 Å². The Hall–Kier alpha value is -1.70. The lowest BCUT2D eigenvalue weighted by Gasteiger charge is -2.42. The first-order chi connectivity index (χ1) is 13.0. The Bertz CT molecular complexity index is 769. The van der Waals surface area contributed by atoms with E-state index in [2.05, 4.69) is 6.92 Å². The molecule has 2 aromatic rings. The summed E-state index contributed by atoms with van der Waals surface area (Å²) in [6.07, 6.45) is 8.68. The van der Waals surface area contributed by atoms with E-state index in [1.807, 2.05) is 19.1 Å². The smallest absolute Gasteiger partial charge is 0.134 e. The van der Waals surface area contributed by atoms with Gasteiger partial charge in [-0.2, -0.15) is 0 Å². The number of fused-ring (bicyclic) bond motifs is 1. The molecule has 4 rings (SSSR count). The molecule has 0 heterocycles. The van der Waals surface area contributed by atoms with E-state index in [1.165, 1.54) is 32.1 Å². The van der Waals surface area contributed by atoms with Crippen molar-refractivity contribution in [3.63, 3.8) is 0 Å². The fourth-order valence-corrected chi connectivity index (χ4v) is 5.48. The average Bonchev–Trinajstić information content (AvgIpc) is 2.68. The summed E-state index contributed by atoms with van der Waals surface area (Å²) in [5, 5.41) is 0. The second kappa shape index (κ2) is 7.73. The minimum Gasteiger partial charge on any atom is -0.206 e. The number of benzene rings is 2. The monoisotopic (exact) mass is 368 g/mol. The van der Waals surface area contributed by atoms with Crippen LogP contribution in [0.4, 0.5) is 8.78 Å². The molecule has 0 aromatic heterocycles. The molecule has 27 heavy (non-hydrogen) atoms. The van der Waals surface area contributed by atoms with Gasteiger partial charge in [-0.1, -0.05) is 49.6 Å². The van der Waals surface area contributed by atoms with Crippen molar-refractivity contribution in [3.8, 4) is 11.1 Å². The maximum absolute atomic E-state index is 14.8. The Morgan fingerprint density at radius 1 is 0.852 bits per heavy atom. The summed E-state index contributed by atoms with van der Waals surface area (Å²) >= 11 is 0. The fourth-order valence-electron chi connectivity index (χ4n) is 5.48. The average molecular weight is 369 g/mol. The second-order valence-corrected chi connectivity index (χ2v) is 8.84. The summed E-state index contributed by atoms with van der Waals surface area (Å²) in [5.41, 5.74) is 2.67. The fraction of sp³-hybridized carbons (Fsp3) is 0.520. The second-order valence-electron chi connectivity index (χ2n) is 8.84. The Kier molecular flexibility index (Phi) is 5.34. The van der Waals surface area contributed by atoms with Crippen LogP contribution in [0.2, 0.25) is 0 Å². The Balaban J connectivity index is 1.54. The number of rotatable bonds is 3. The standard InChI is InChI=1S/C25H30F2/c1-3-17-6-9-20-13-21(11-10-19(20)12-17)22-14-23(26)25(24(27)15-22)18-7-4-16(2)5-8-18/h4-5,7-8,14-15,17,19-21H,3,6,9-13H2,1-2H3. The maximum atomic E-state index is 14.8. The molecule has 0 nitrogen and oxygen atoms in total. The summed E-state index contributed by atoms with van der Waals surface area (Å²) in [5.74, 6) is 1.93. The van der Waals surface area contributed by atoms with E-state index in [1.54, 1.807) is 24.3 Å². The van der Waals surface area contributed by atoms with Gasteiger partial charge < -0.3 is 0 Å². The summed E-state index contributed by atoms with van der Waals surface area (Å²) in [7, 11) is 0. The molecule has 2 heteroatoms. The minimum absolute atomic E-state index is 0.107. The van der Waals surface area contributed by atoms with E-state index in [-0.39, 0.29) is 5.56 Å². The van der Waals surface area contributed by atoms with E-state index in [4.69, 9.17) is 0 Å². The summed E-state index contributed by atoms with van der Waals surface area (Å²) < 4.78 is 29.7. The van der Waals surface area contributed by atoms with Gasteiger partial charge >= 0.3 is 0 Å². The Morgan fingerprint density at radius 3 is 2.15 bits per heavy atom. The van der Waals surface area contributed by atoms with Gasteiger partial charge in [0.1, 0.15) is 11.6 Å². The van der Waals surface area contributed by atoms with Crippen LogP contribution in [0.1, 0.15) is 68.9 Å². The van der Waals surface area contributed by atoms with Gasteiger partial charge in [0.05, 0.1) is 5.56 Å². The number of hydrogen-bond acceptors (Lipinski definition) is 0. The molecule has 144 valence electrons. The Labute approximate surface area is 162 Å². The van der Waals surface area contributed by atoms with Crippen LogP contribution in [0.15, 0.2) is 36.4 Å². The van der Waals surface area contributed by atoms with E-state index in [0.717, 1.165) is 41.7 Å². The quantitative estimate of drug-likeness (QED) is 0.522. The van der Waals surface area contributed by atoms with Crippen LogP contribution < -0.4 is 0 Å². The SMILES string of the molecule is CCC1CCC2CC(c3cc(F)c(-c4ccc(C)cc4)c(F)c3)CCC2C1. The van der Waals surface area contributed by atoms with Crippen LogP contribution >= 0.6 is 0 Å². The van der Waals surface area contributed by atoms with Gasteiger partial charge in [0, 0.05) is 0 Å². The molecule has 0 saturated heterocycles. The lowest BCUT2D eigenvalue weighted by atomic mass is 9.63. The molecule has 2 aliphatic rings. The highest BCUT2D eigenvalue weighted by atomic mass is 19.1. The lowest BCUT2D eigenvalue weighted by molar-refractivity contribution is 0.116. The predicted molar refractivity (Wildman–Crippen MR) is 108 cm³/mol. The van der Waals surface area contributed by atoms with E-state index in [0.29, 0.717) is 11.5 Å². The van der Waals surface area contributed by atoms with Crippen LogP contribution in [0.3, 0.4) is 0 Å². The molecule has 4 atom stereocenters. The minimum atomic E-state index is -0.425. The maximum Gasteiger partial charge on any atom is 0.134 e. The van der Waals surface area contributed by atoms with Crippen molar-refractivity contribution in [2.45, 2.75) is 64.7 Å². The number of halogens is 2.